The lowest BCUT2D eigenvalue weighted by molar-refractivity contribution is 0.436. The van der Waals surface area contributed by atoms with Crippen molar-refractivity contribution in [1.29, 1.82) is 0 Å². The number of piperidine rings is 1. The van der Waals surface area contributed by atoms with Gasteiger partial charge in [0.25, 0.3) is 0 Å². The quantitative estimate of drug-likeness (QED) is 0.929. The van der Waals surface area contributed by atoms with Crippen molar-refractivity contribution in [3.05, 3.63) is 29.7 Å². The molecule has 0 atom stereocenters. The Morgan fingerprint density at radius 1 is 1.29 bits per heavy atom. The standard InChI is InChI=1S/C15H22N6/c1-11-5-7-20(8-6-11)15-4-3-13(10-17-15)21-12(2)14(9-16)18-19-21/h3-4,10-11H,5-9,16H2,1-2H3. The third-order valence-electron chi connectivity index (χ3n) is 4.27. The molecule has 6 heteroatoms. The molecular formula is C15H22N6. The molecule has 0 bridgehead atoms. The lowest BCUT2D eigenvalue weighted by Gasteiger charge is -2.31. The molecule has 112 valence electrons. The van der Waals surface area contributed by atoms with E-state index >= 15 is 0 Å². The molecule has 1 fully saturated rings. The summed E-state index contributed by atoms with van der Waals surface area (Å²) in [5, 5.41) is 8.22. The van der Waals surface area contributed by atoms with Crippen molar-refractivity contribution in [1.82, 2.24) is 20.0 Å². The molecule has 0 unspecified atom stereocenters. The Balaban J connectivity index is 1.79. The maximum Gasteiger partial charge on any atom is 0.128 e. The van der Waals surface area contributed by atoms with E-state index in [0.717, 1.165) is 41.9 Å². The lowest BCUT2D eigenvalue weighted by atomic mass is 9.99. The summed E-state index contributed by atoms with van der Waals surface area (Å²) in [5.41, 5.74) is 8.36. The molecule has 2 aromatic heterocycles. The predicted molar refractivity (Wildman–Crippen MR) is 82.4 cm³/mol. The van der Waals surface area contributed by atoms with Crippen LogP contribution in [0.2, 0.25) is 0 Å². The van der Waals surface area contributed by atoms with Crippen LogP contribution in [0, 0.1) is 12.8 Å². The van der Waals surface area contributed by atoms with E-state index in [1.54, 1.807) is 4.68 Å². The fraction of sp³-hybridized carbons (Fsp3) is 0.533. The monoisotopic (exact) mass is 286 g/mol. The Labute approximate surface area is 125 Å². The van der Waals surface area contributed by atoms with Gasteiger partial charge in [-0.25, -0.2) is 9.67 Å². The van der Waals surface area contributed by atoms with Gasteiger partial charge < -0.3 is 10.6 Å². The summed E-state index contributed by atoms with van der Waals surface area (Å²) in [7, 11) is 0. The van der Waals surface area contributed by atoms with E-state index in [4.69, 9.17) is 5.73 Å². The molecule has 6 nitrogen and oxygen atoms in total. The summed E-state index contributed by atoms with van der Waals surface area (Å²) in [6.07, 6.45) is 4.34. The van der Waals surface area contributed by atoms with Crippen LogP contribution in [-0.2, 0) is 6.54 Å². The largest absolute Gasteiger partial charge is 0.357 e. The smallest absolute Gasteiger partial charge is 0.128 e. The second-order valence-electron chi connectivity index (χ2n) is 5.78. The van der Waals surface area contributed by atoms with Gasteiger partial charge >= 0.3 is 0 Å². The summed E-state index contributed by atoms with van der Waals surface area (Å²) in [5.74, 6) is 1.87. The molecule has 0 saturated carbocycles. The molecule has 21 heavy (non-hydrogen) atoms. The zero-order valence-corrected chi connectivity index (χ0v) is 12.7. The molecule has 1 aliphatic rings. The summed E-state index contributed by atoms with van der Waals surface area (Å²) in [4.78, 5) is 6.94. The van der Waals surface area contributed by atoms with Gasteiger partial charge in [-0.2, -0.15) is 0 Å². The van der Waals surface area contributed by atoms with Crippen LogP contribution in [0.25, 0.3) is 5.69 Å². The van der Waals surface area contributed by atoms with Crippen molar-refractivity contribution in [2.75, 3.05) is 18.0 Å². The first kappa shape index (κ1) is 14.0. The molecule has 1 saturated heterocycles. The van der Waals surface area contributed by atoms with Crippen LogP contribution in [0.4, 0.5) is 5.82 Å². The second-order valence-corrected chi connectivity index (χ2v) is 5.78. The molecule has 2 aromatic rings. The average Bonchev–Trinajstić information content (AvgIpc) is 2.89. The van der Waals surface area contributed by atoms with Gasteiger partial charge in [-0.05, 0) is 37.8 Å². The number of rotatable bonds is 3. The van der Waals surface area contributed by atoms with Crippen LogP contribution in [-0.4, -0.2) is 33.1 Å². The van der Waals surface area contributed by atoms with Crippen molar-refractivity contribution < 1.29 is 0 Å². The van der Waals surface area contributed by atoms with Gasteiger partial charge in [-0.15, -0.1) is 5.10 Å². The minimum absolute atomic E-state index is 0.406. The minimum Gasteiger partial charge on any atom is -0.357 e. The van der Waals surface area contributed by atoms with Crippen LogP contribution < -0.4 is 10.6 Å². The van der Waals surface area contributed by atoms with Crippen LogP contribution in [0.1, 0.15) is 31.2 Å². The van der Waals surface area contributed by atoms with E-state index in [2.05, 4.69) is 33.2 Å². The Morgan fingerprint density at radius 2 is 2.05 bits per heavy atom. The highest BCUT2D eigenvalue weighted by atomic mass is 15.4. The molecule has 3 heterocycles. The first-order chi connectivity index (χ1) is 10.2. The molecule has 0 radical (unpaired) electrons. The fourth-order valence-electron chi connectivity index (χ4n) is 2.72. The zero-order valence-electron chi connectivity index (χ0n) is 12.7. The van der Waals surface area contributed by atoms with Crippen LogP contribution in [0.5, 0.6) is 0 Å². The third kappa shape index (κ3) is 2.76. The Morgan fingerprint density at radius 3 is 2.62 bits per heavy atom. The molecule has 1 aliphatic heterocycles. The SMILES string of the molecule is Cc1c(CN)nnn1-c1ccc(N2CCC(C)CC2)nc1. The number of hydrogen-bond acceptors (Lipinski definition) is 5. The molecule has 2 N–H and O–H groups in total. The predicted octanol–water partition coefficient (Wildman–Crippen LogP) is 1.67. The van der Waals surface area contributed by atoms with Gasteiger partial charge in [-0.1, -0.05) is 12.1 Å². The topological polar surface area (TPSA) is 72.9 Å². The Bertz CT molecular complexity index is 595. The Kier molecular flexibility index (Phi) is 3.88. The average molecular weight is 286 g/mol. The van der Waals surface area contributed by atoms with Crippen LogP contribution in [0.3, 0.4) is 0 Å². The van der Waals surface area contributed by atoms with E-state index in [1.807, 2.05) is 19.2 Å². The number of hydrogen-bond donors (Lipinski definition) is 1. The minimum atomic E-state index is 0.406. The number of nitrogens with zero attached hydrogens (tertiary/aromatic N) is 5. The molecule has 3 rings (SSSR count). The van der Waals surface area contributed by atoms with Crippen molar-refractivity contribution >= 4 is 5.82 Å². The summed E-state index contributed by atoms with van der Waals surface area (Å²) in [6.45, 7) is 6.88. The lowest BCUT2D eigenvalue weighted by Crippen LogP contribution is -2.33. The fourth-order valence-corrected chi connectivity index (χ4v) is 2.72. The first-order valence-corrected chi connectivity index (χ1v) is 7.51. The van der Waals surface area contributed by atoms with Gasteiger partial charge in [0.2, 0.25) is 0 Å². The van der Waals surface area contributed by atoms with Crippen molar-refractivity contribution in [2.45, 2.75) is 33.2 Å². The Hall–Kier alpha value is -1.95. The van der Waals surface area contributed by atoms with Gasteiger partial charge in [0.1, 0.15) is 5.82 Å². The molecule has 0 spiro atoms. The highest BCUT2D eigenvalue weighted by molar-refractivity contribution is 5.43. The number of pyridine rings is 1. The highest BCUT2D eigenvalue weighted by Gasteiger charge is 2.17. The van der Waals surface area contributed by atoms with E-state index in [-0.39, 0.29) is 0 Å². The van der Waals surface area contributed by atoms with Crippen molar-refractivity contribution in [3.63, 3.8) is 0 Å². The molecule has 0 amide bonds. The van der Waals surface area contributed by atoms with Crippen LogP contribution in [0.15, 0.2) is 18.3 Å². The summed E-state index contributed by atoms with van der Waals surface area (Å²) in [6, 6.07) is 4.11. The van der Waals surface area contributed by atoms with E-state index in [9.17, 15) is 0 Å². The van der Waals surface area contributed by atoms with Crippen LogP contribution >= 0.6 is 0 Å². The third-order valence-corrected chi connectivity index (χ3v) is 4.27. The number of aromatic nitrogens is 4. The number of anilines is 1. The normalized spacial score (nSPS) is 16.4. The first-order valence-electron chi connectivity index (χ1n) is 7.51. The highest BCUT2D eigenvalue weighted by Crippen LogP contribution is 2.22. The van der Waals surface area contributed by atoms with E-state index in [1.165, 1.54) is 12.8 Å². The number of nitrogens with two attached hydrogens (primary N) is 1. The summed E-state index contributed by atoms with van der Waals surface area (Å²) < 4.78 is 1.79. The van der Waals surface area contributed by atoms with Crippen molar-refractivity contribution in [2.24, 2.45) is 11.7 Å². The molecule has 0 aliphatic carbocycles. The maximum absolute atomic E-state index is 5.64. The maximum atomic E-state index is 5.64. The molecule has 0 aromatic carbocycles. The molecular weight excluding hydrogens is 264 g/mol. The van der Waals surface area contributed by atoms with Gasteiger partial charge in [-0.3, -0.25) is 0 Å². The summed E-state index contributed by atoms with van der Waals surface area (Å²) >= 11 is 0. The zero-order chi connectivity index (χ0) is 14.8. The van der Waals surface area contributed by atoms with Gasteiger partial charge in [0, 0.05) is 19.6 Å². The van der Waals surface area contributed by atoms with E-state index < -0.39 is 0 Å². The van der Waals surface area contributed by atoms with Gasteiger partial charge in [0.05, 0.1) is 23.3 Å². The second kappa shape index (κ2) is 5.81. The van der Waals surface area contributed by atoms with E-state index in [0.29, 0.717) is 6.54 Å². The van der Waals surface area contributed by atoms with Crippen molar-refractivity contribution in [3.8, 4) is 5.69 Å². The van der Waals surface area contributed by atoms with Gasteiger partial charge in [0.15, 0.2) is 0 Å².